The first-order valence-electron chi connectivity index (χ1n) is 9.41. The van der Waals surface area contributed by atoms with Gasteiger partial charge in [0.05, 0.1) is 12.8 Å². The third-order valence-electron chi connectivity index (χ3n) is 4.01. The molecule has 8 nitrogen and oxygen atoms in total. The number of oxazole rings is 1. The molecular weight excluding hydrogens is 378 g/mol. The van der Waals surface area contributed by atoms with Crippen LogP contribution in [0.25, 0.3) is 11.5 Å². The first-order chi connectivity index (χ1) is 13.4. The summed E-state index contributed by atoms with van der Waals surface area (Å²) in [4.78, 5) is 8.98. The highest BCUT2D eigenvalue weighted by Crippen LogP contribution is 2.18. The number of guanidine groups is 1. The van der Waals surface area contributed by atoms with Crippen LogP contribution in [0.5, 0.6) is 0 Å². The molecule has 0 unspecified atom stereocenters. The van der Waals surface area contributed by atoms with Gasteiger partial charge in [-0.3, -0.25) is 0 Å². The molecule has 0 aliphatic heterocycles. The Hall–Kier alpha value is -2.39. The molecule has 1 heterocycles. The number of aliphatic imine (C=N–C) groups is 1. The molecule has 1 aromatic heterocycles. The summed E-state index contributed by atoms with van der Waals surface area (Å²) in [5, 5.41) is 6.39. The predicted molar refractivity (Wildman–Crippen MR) is 111 cm³/mol. The van der Waals surface area contributed by atoms with E-state index in [9.17, 15) is 8.42 Å². The zero-order chi connectivity index (χ0) is 20.4. The molecular formula is C19H29N5O3S. The van der Waals surface area contributed by atoms with Gasteiger partial charge in [0.1, 0.15) is 12.0 Å². The Morgan fingerprint density at radius 3 is 2.61 bits per heavy atom. The summed E-state index contributed by atoms with van der Waals surface area (Å²) in [5.74, 6) is 1.23. The minimum Gasteiger partial charge on any atom is -0.444 e. The molecule has 0 saturated carbocycles. The Kier molecular flexibility index (Phi) is 8.46. The monoisotopic (exact) mass is 407 g/mol. The largest absolute Gasteiger partial charge is 0.444 e. The molecule has 2 aromatic rings. The Labute approximate surface area is 167 Å². The first kappa shape index (κ1) is 21.9. The van der Waals surface area contributed by atoms with E-state index in [4.69, 9.17) is 4.42 Å². The second-order valence-electron chi connectivity index (χ2n) is 6.24. The van der Waals surface area contributed by atoms with Crippen molar-refractivity contribution in [3.05, 3.63) is 42.3 Å². The minimum absolute atomic E-state index is 0.385. The summed E-state index contributed by atoms with van der Waals surface area (Å²) >= 11 is 0. The number of aromatic nitrogens is 1. The average Bonchev–Trinajstić information content (AvgIpc) is 3.14. The molecule has 0 aliphatic rings. The normalized spacial score (nSPS) is 12.4. The van der Waals surface area contributed by atoms with Gasteiger partial charge in [0.25, 0.3) is 0 Å². The van der Waals surface area contributed by atoms with Crippen LogP contribution in [0.4, 0.5) is 0 Å². The molecule has 0 radical (unpaired) electrons. The maximum absolute atomic E-state index is 11.6. The van der Waals surface area contributed by atoms with Crippen molar-refractivity contribution >= 4 is 16.0 Å². The molecule has 2 rings (SSSR count). The van der Waals surface area contributed by atoms with E-state index in [-0.39, 0.29) is 0 Å². The van der Waals surface area contributed by atoms with E-state index < -0.39 is 10.0 Å². The molecule has 1 aromatic carbocycles. The van der Waals surface area contributed by atoms with Gasteiger partial charge in [-0.05, 0) is 25.5 Å². The summed E-state index contributed by atoms with van der Waals surface area (Å²) in [7, 11) is -3.15. The predicted octanol–water partition coefficient (Wildman–Crippen LogP) is 2.07. The molecule has 0 amide bonds. The second kappa shape index (κ2) is 10.8. The van der Waals surface area contributed by atoms with Crippen LogP contribution in [0.2, 0.25) is 0 Å². The molecule has 9 heteroatoms. The van der Waals surface area contributed by atoms with Gasteiger partial charge in [-0.2, -0.15) is 0 Å². The molecule has 0 aliphatic carbocycles. The number of benzene rings is 1. The van der Waals surface area contributed by atoms with Crippen molar-refractivity contribution in [2.45, 2.75) is 26.8 Å². The van der Waals surface area contributed by atoms with Crippen LogP contribution in [0.3, 0.4) is 0 Å². The topological polar surface area (TPSA) is 99.8 Å². The Balaban J connectivity index is 1.88. The van der Waals surface area contributed by atoms with Crippen molar-refractivity contribution in [2.75, 3.05) is 32.4 Å². The SMILES string of the molecule is CCNC(=NCc1coc(-c2ccccc2)n1)NCCCN(CC)S(C)(=O)=O. The molecule has 154 valence electrons. The van der Waals surface area contributed by atoms with Crippen LogP contribution < -0.4 is 10.6 Å². The first-order valence-corrected chi connectivity index (χ1v) is 11.3. The van der Waals surface area contributed by atoms with E-state index in [0.29, 0.717) is 44.5 Å². The van der Waals surface area contributed by atoms with Gasteiger partial charge in [-0.25, -0.2) is 22.7 Å². The van der Waals surface area contributed by atoms with Gasteiger partial charge in [-0.1, -0.05) is 25.1 Å². The molecule has 0 bridgehead atoms. The zero-order valence-corrected chi connectivity index (χ0v) is 17.5. The Bertz CT molecular complexity index is 849. The fourth-order valence-corrected chi connectivity index (χ4v) is 3.55. The summed E-state index contributed by atoms with van der Waals surface area (Å²) in [5.41, 5.74) is 1.67. The Morgan fingerprint density at radius 1 is 1.21 bits per heavy atom. The maximum atomic E-state index is 11.6. The number of hydrogen-bond acceptors (Lipinski definition) is 5. The Morgan fingerprint density at radius 2 is 1.96 bits per heavy atom. The highest BCUT2D eigenvalue weighted by atomic mass is 32.2. The number of hydrogen-bond donors (Lipinski definition) is 2. The lowest BCUT2D eigenvalue weighted by molar-refractivity contribution is 0.424. The lowest BCUT2D eigenvalue weighted by Crippen LogP contribution is -2.39. The minimum atomic E-state index is -3.15. The van der Waals surface area contributed by atoms with Crippen molar-refractivity contribution in [3.63, 3.8) is 0 Å². The lowest BCUT2D eigenvalue weighted by atomic mass is 10.2. The smallest absolute Gasteiger partial charge is 0.226 e. The van der Waals surface area contributed by atoms with Crippen LogP contribution in [-0.4, -0.2) is 56.1 Å². The van der Waals surface area contributed by atoms with E-state index in [0.717, 1.165) is 17.8 Å². The fourth-order valence-electron chi connectivity index (χ4n) is 2.62. The zero-order valence-electron chi connectivity index (χ0n) is 16.7. The summed E-state index contributed by atoms with van der Waals surface area (Å²) in [6.07, 6.45) is 3.53. The van der Waals surface area contributed by atoms with E-state index in [1.54, 1.807) is 6.26 Å². The second-order valence-corrected chi connectivity index (χ2v) is 8.22. The highest BCUT2D eigenvalue weighted by molar-refractivity contribution is 7.88. The number of nitrogens with zero attached hydrogens (tertiary/aromatic N) is 3. The number of rotatable bonds is 10. The van der Waals surface area contributed by atoms with E-state index in [2.05, 4.69) is 20.6 Å². The molecule has 28 heavy (non-hydrogen) atoms. The van der Waals surface area contributed by atoms with Crippen LogP contribution >= 0.6 is 0 Å². The van der Waals surface area contributed by atoms with Crippen molar-refractivity contribution in [1.82, 2.24) is 19.9 Å². The van der Waals surface area contributed by atoms with Crippen LogP contribution in [0.15, 0.2) is 46.0 Å². The van der Waals surface area contributed by atoms with Crippen molar-refractivity contribution in [1.29, 1.82) is 0 Å². The van der Waals surface area contributed by atoms with Gasteiger partial charge in [0.15, 0.2) is 5.96 Å². The summed E-state index contributed by atoms with van der Waals surface area (Å²) in [6.45, 7) is 6.51. The van der Waals surface area contributed by atoms with Crippen molar-refractivity contribution in [2.24, 2.45) is 4.99 Å². The lowest BCUT2D eigenvalue weighted by Gasteiger charge is -2.18. The van der Waals surface area contributed by atoms with Gasteiger partial charge < -0.3 is 15.1 Å². The molecule has 0 atom stereocenters. The number of nitrogens with one attached hydrogen (secondary N) is 2. The molecule has 0 fully saturated rings. The number of sulfonamides is 1. The summed E-state index contributed by atoms with van der Waals surface area (Å²) < 4.78 is 30.2. The molecule has 2 N–H and O–H groups in total. The van der Waals surface area contributed by atoms with Crippen molar-refractivity contribution in [3.8, 4) is 11.5 Å². The fraction of sp³-hybridized carbons (Fsp3) is 0.474. The third kappa shape index (κ3) is 6.97. The van der Waals surface area contributed by atoms with E-state index >= 15 is 0 Å². The van der Waals surface area contributed by atoms with E-state index in [1.807, 2.05) is 44.2 Å². The maximum Gasteiger partial charge on any atom is 0.226 e. The van der Waals surface area contributed by atoms with Gasteiger partial charge in [0.2, 0.25) is 15.9 Å². The van der Waals surface area contributed by atoms with Crippen LogP contribution in [0, 0.1) is 0 Å². The molecule has 0 spiro atoms. The van der Waals surface area contributed by atoms with Crippen LogP contribution in [-0.2, 0) is 16.6 Å². The van der Waals surface area contributed by atoms with Gasteiger partial charge in [0, 0.05) is 31.7 Å². The van der Waals surface area contributed by atoms with E-state index in [1.165, 1.54) is 10.6 Å². The summed E-state index contributed by atoms with van der Waals surface area (Å²) in [6, 6.07) is 9.71. The highest BCUT2D eigenvalue weighted by Gasteiger charge is 2.13. The standard InChI is InChI=1S/C19H29N5O3S/c1-4-20-19(21-12-9-13-24(5-2)28(3,25)26)22-14-17-15-27-18(23-17)16-10-7-6-8-11-16/h6-8,10-11,15H,4-5,9,12-14H2,1-3H3,(H2,20,21,22). The van der Waals surface area contributed by atoms with Crippen molar-refractivity contribution < 1.29 is 12.8 Å². The molecule has 0 saturated heterocycles. The van der Waals surface area contributed by atoms with Gasteiger partial charge >= 0.3 is 0 Å². The van der Waals surface area contributed by atoms with Gasteiger partial charge in [-0.15, -0.1) is 0 Å². The average molecular weight is 408 g/mol. The third-order valence-corrected chi connectivity index (χ3v) is 5.39. The quantitative estimate of drug-likeness (QED) is 0.355. The van der Waals surface area contributed by atoms with Crippen LogP contribution in [0.1, 0.15) is 26.0 Å².